The predicted octanol–water partition coefficient (Wildman–Crippen LogP) is 4.26. The Labute approximate surface area is 155 Å². The molecule has 1 aliphatic rings. The van der Waals surface area contributed by atoms with Crippen LogP contribution in [0.25, 0.3) is 0 Å². The monoisotopic (exact) mass is 378 g/mol. The van der Waals surface area contributed by atoms with Crippen molar-refractivity contribution >= 4 is 40.6 Å². The summed E-state index contributed by atoms with van der Waals surface area (Å²) < 4.78 is 5.16. The molecule has 0 radical (unpaired) electrons. The van der Waals surface area contributed by atoms with E-state index in [2.05, 4.69) is 5.10 Å². The summed E-state index contributed by atoms with van der Waals surface area (Å²) in [7, 11) is 1.61. The number of hydrogen-bond donors (Lipinski definition) is 1. The third kappa shape index (κ3) is 3.89. The van der Waals surface area contributed by atoms with Crippen molar-refractivity contribution in [2.45, 2.75) is 18.9 Å². The number of anilines is 1. The van der Waals surface area contributed by atoms with Crippen molar-refractivity contribution in [2.24, 2.45) is 5.10 Å². The summed E-state index contributed by atoms with van der Waals surface area (Å²) in [5, 5.41) is 16.2. The second-order valence-electron chi connectivity index (χ2n) is 5.70. The van der Waals surface area contributed by atoms with Gasteiger partial charge in [0.1, 0.15) is 11.5 Å². The molecule has 0 amide bonds. The molecule has 1 heterocycles. The molecule has 3 rings (SSSR count). The minimum Gasteiger partial charge on any atom is -0.497 e. The van der Waals surface area contributed by atoms with Crippen LogP contribution in [0.1, 0.15) is 12.0 Å². The molecular formula is C18H16Cl2N2O3. The Hall–Kier alpha value is -2.24. The van der Waals surface area contributed by atoms with Gasteiger partial charge in [-0.2, -0.15) is 5.10 Å². The number of benzene rings is 2. The van der Waals surface area contributed by atoms with Crippen LogP contribution >= 0.6 is 23.2 Å². The van der Waals surface area contributed by atoms with Crippen LogP contribution in [-0.4, -0.2) is 29.9 Å². The quantitative estimate of drug-likeness (QED) is 0.843. The molecule has 0 bridgehead atoms. The van der Waals surface area contributed by atoms with Gasteiger partial charge in [-0.25, -0.2) is 4.79 Å². The minimum atomic E-state index is -1.02. The van der Waals surface area contributed by atoms with Gasteiger partial charge in [0.05, 0.1) is 23.9 Å². The van der Waals surface area contributed by atoms with Gasteiger partial charge in [-0.05, 0) is 42.3 Å². The average Bonchev–Trinajstić information content (AvgIpc) is 2.99. The first kappa shape index (κ1) is 17.6. The van der Waals surface area contributed by atoms with E-state index in [1.54, 1.807) is 30.3 Å². The number of carboxylic acid groups (broad SMARTS) is 1. The van der Waals surface area contributed by atoms with E-state index in [1.807, 2.05) is 24.3 Å². The lowest BCUT2D eigenvalue weighted by Gasteiger charge is -2.24. The fourth-order valence-corrected chi connectivity index (χ4v) is 3.30. The summed E-state index contributed by atoms with van der Waals surface area (Å²) in [5.74, 6) is -0.248. The first-order valence-corrected chi connectivity index (χ1v) is 8.41. The van der Waals surface area contributed by atoms with Crippen LogP contribution < -0.4 is 9.75 Å². The maximum absolute atomic E-state index is 11.4. The largest absolute Gasteiger partial charge is 0.497 e. The van der Waals surface area contributed by atoms with Gasteiger partial charge in [0.25, 0.3) is 0 Å². The highest BCUT2D eigenvalue weighted by molar-refractivity contribution is 6.38. The number of aliphatic carboxylic acids is 1. The lowest BCUT2D eigenvalue weighted by atomic mass is 10.0. The van der Waals surface area contributed by atoms with Gasteiger partial charge in [-0.3, -0.25) is 5.01 Å². The van der Waals surface area contributed by atoms with Gasteiger partial charge in [0.15, 0.2) is 0 Å². The molecule has 2 aromatic rings. The SMILES string of the molecule is COc1ccc(CC2CC(C(=O)O)=NN2c2ccc(Cl)cc2Cl)cc1. The molecule has 7 heteroatoms. The summed E-state index contributed by atoms with van der Waals surface area (Å²) >= 11 is 12.2. The molecule has 25 heavy (non-hydrogen) atoms. The fraction of sp³-hybridized carbons (Fsp3) is 0.222. The van der Waals surface area contributed by atoms with E-state index in [-0.39, 0.29) is 11.8 Å². The van der Waals surface area contributed by atoms with E-state index in [0.29, 0.717) is 28.6 Å². The van der Waals surface area contributed by atoms with Gasteiger partial charge in [-0.15, -0.1) is 0 Å². The molecule has 0 saturated carbocycles. The summed E-state index contributed by atoms with van der Waals surface area (Å²) in [6.07, 6.45) is 0.962. The number of carboxylic acids is 1. The van der Waals surface area contributed by atoms with Crippen LogP contribution in [0.2, 0.25) is 10.0 Å². The van der Waals surface area contributed by atoms with Gasteiger partial charge < -0.3 is 9.84 Å². The Balaban J connectivity index is 1.89. The van der Waals surface area contributed by atoms with Gasteiger partial charge in [0.2, 0.25) is 0 Å². The lowest BCUT2D eigenvalue weighted by molar-refractivity contribution is -0.129. The number of rotatable bonds is 5. The van der Waals surface area contributed by atoms with Crippen molar-refractivity contribution in [3.8, 4) is 5.75 Å². The molecule has 1 aliphatic heterocycles. The van der Waals surface area contributed by atoms with Crippen molar-refractivity contribution in [3.05, 3.63) is 58.1 Å². The van der Waals surface area contributed by atoms with Crippen LogP contribution in [0.3, 0.4) is 0 Å². The van der Waals surface area contributed by atoms with Gasteiger partial charge in [0, 0.05) is 11.4 Å². The second kappa shape index (κ2) is 7.33. The topological polar surface area (TPSA) is 62.1 Å². The Kier molecular flexibility index (Phi) is 5.16. The predicted molar refractivity (Wildman–Crippen MR) is 99.1 cm³/mol. The van der Waals surface area contributed by atoms with E-state index in [1.165, 1.54) is 0 Å². The fourth-order valence-electron chi connectivity index (χ4n) is 2.80. The van der Waals surface area contributed by atoms with Gasteiger partial charge >= 0.3 is 5.97 Å². The molecule has 130 valence electrons. The molecule has 1 N–H and O–H groups in total. The zero-order valence-electron chi connectivity index (χ0n) is 13.4. The molecule has 0 aromatic heterocycles. The zero-order chi connectivity index (χ0) is 18.0. The summed E-state index contributed by atoms with van der Waals surface area (Å²) in [4.78, 5) is 11.4. The van der Waals surface area contributed by atoms with Crippen LogP contribution in [0.15, 0.2) is 47.6 Å². The lowest BCUT2D eigenvalue weighted by Crippen LogP contribution is -2.29. The first-order chi connectivity index (χ1) is 12.0. The highest BCUT2D eigenvalue weighted by atomic mass is 35.5. The highest BCUT2D eigenvalue weighted by Gasteiger charge is 2.32. The molecule has 1 atom stereocenters. The molecule has 0 aliphatic carbocycles. The standard InChI is InChI=1S/C18H16Cl2N2O3/c1-25-14-5-2-11(3-6-14)8-13-10-16(18(23)24)21-22(13)17-7-4-12(19)9-15(17)20/h2-7,9,13H,8,10H2,1H3,(H,23,24). The van der Waals surface area contributed by atoms with E-state index in [9.17, 15) is 9.90 Å². The van der Waals surface area contributed by atoms with Crippen molar-refractivity contribution in [3.63, 3.8) is 0 Å². The van der Waals surface area contributed by atoms with Crippen LogP contribution in [0.4, 0.5) is 5.69 Å². The Bertz CT molecular complexity index is 822. The van der Waals surface area contributed by atoms with E-state index in [0.717, 1.165) is 11.3 Å². The van der Waals surface area contributed by atoms with Crippen molar-refractivity contribution in [1.29, 1.82) is 0 Å². The highest BCUT2D eigenvalue weighted by Crippen LogP contribution is 2.34. The maximum Gasteiger partial charge on any atom is 0.352 e. The number of hydrazone groups is 1. The molecule has 0 saturated heterocycles. The minimum absolute atomic E-state index is 0.115. The maximum atomic E-state index is 11.4. The smallest absolute Gasteiger partial charge is 0.352 e. The molecule has 2 aromatic carbocycles. The zero-order valence-corrected chi connectivity index (χ0v) is 15.0. The van der Waals surface area contributed by atoms with E-state index < -0.39 is 5.97 Å². The van der Waals surface area contributed by atoms with Crippen molar-refractivity contribution < 1.29 is 14.6 Å². The molecular weight excluding hydrogens is 363 g/mol. The molecule has 1 unspecified atom stereocenters. The summed E-state index contributed by atoms with van der Waals surface area (Å²) in [5.41, 5.74) is 1.81. The van der Waals surface area contributed by atoms with E-state index in [4.69, 9.17) is 27.9 Å². The molecule has 0 spiro atoms. The van der Waals surface area contributed by atoms with Crippen molar-refractivity contribution in [1.82, 2.24) is 0 Å². The third-order valence-corrected chi connectivity index (χ3v) is 4.57. The van der Waals surface area contributed by atoms with E-state index >= 15 is 0 Å². The Morgan fingerprint density at radius 1 is 1.28 bits per heavy atom. The Morgan fingerprint density at radius 3 is 2.60 bits per heavy atom. The summed E-state index contributed by atoms with van der Waals surface area (Å²) in [6, 6.07) is 12.6. The number of methoxy groups -OCH3 is 1. The number of nitrogens with zero attached hydrogens (tertiary/aromatic N) is 2. The van der Waals surface area contributed by atoms with Crippen LogP contribution in [-0.2, 0) is 11.2 Å². The van der Waals surface area contributed by atoms with Gasteiger partial charge in [-0.1, -0.05) is 35.3 Å². The first-order valence-electron chi connectivity index (χ1n) is 7.66. The molecule has 0 fully saturated rings. The van der Waals surface area contributed by atoms with Crippen LogP contribution in [0, 0.1) is 0 Å². The molecule has 5 nitrogen and oxygen atoms in total. The summed E-state index contributed by atoms with van der Waals surface area (Å²) in [6.45, 7) is 0. The second-order valence-corrected chi connectivity index (χ2v) is 6.55. The number of hydrogen-bond acceptors (Lipinski definition) is 4. The average molecular weight is 379 g/mol. The van der Waals surface area contributed by atoms with Crippen molar-refractivity contribution in [2.75, 3.05) is 12.1 Å². The third-order valence-electron chi connectivity index (χ3n) is 4.04. The number of halogens is 2. The van der Waals surface area contributed by atoms with Crippen LogP contribution in [0.5, 0.6) is 5.75 Å². The normalized spacial score (nSPS) is 16.7. The number of carbonyl (C=O) groups is 1. The Morgan fingerprint density at radius 2 is 2.00 bits per heavy atom. The number of ether oxygens (including phenoxy) is 1.